The minimum absolute atomic E-state index is 0.0614. The zero-order chi connectivity index (χ0) is 20.7. The number of halogens is 1. The molecule has 0 saturated carbocycles. The van der Waals surface area contributed by atoms with Crippen LogP contribution in [-0.4, -0.2) is 50.3 Å². The van der Waals surface area contributed by atoms with E-state index in [0.29, 0.717) is 13.1 Å². The van der Waals surface area contributed by atoms with E-state index in [2.05, 4.69) is 0 Å². The molecule has 0 N–H and O–H groups in total. The molecule has 2 rings (SSSR count). The summed E-state index contributed by atoms with van der Waals surface area (Å²) in [6.07, 6.45) is 0. The van der Waals surface area contributed by atoms with Crippen molar-refractivity contribution in [3.63, 3.8) is 0 Å². The largest absolute Gasteiger partial charge is 0.495 e. The molecule has 1 amide bonds. The molecule has 0 saturated heterocycles. The first-order valence-electron chi connectivity index (χ1n) is 8.98. The average molecular weight is 425 g/mol. The van der Waals surface area contributed by atoms with Gasteiger partial charge < -0.3 is 9.64 Å². The molecule has 0 spiro atoms. The lowest BCUT2D eigenvalue weighted by Crippen LogP contribution is -2.42. The van der Waals surface area contributed by atoms with Crippen LogP contribution >= 0.6 is 11.6 Å². The van der Waals surface area contributed by atoms with Gasteiger partial charge in [-0.1, -0.05) is 41.9 Å². The molecule has 0 fully saturated rings. The van der Waals surface area contributed by atoms with Crippen molar-refractivity contribution in [1.82, 2.24) is 9.21 Å². The van der Waals surface area contributed by atoms with Gasteiger partial charge in [-0.2, -0.15) is 4.31 Å². The van der Waals surface area contributed by atoms with E-state index < -0.39 is 10.0 Å². The van der Waals surface area contributed by atoms with Crippen molar-refractivity contribution in [2.75, 3.05) is 26.7 Å². The Kier molecular flexibility index (Phi) is 7.86. The van der Waals surface area contributed by atoms with Crippen LogP contribution in [0.5, 0.6) is 5.75 Å². The van der Waals surface area contributed by atoms with Crippen LogP contribution in [0.25, 0.3) is 0 Å². The van der Waals surface area contributed by atoms with E-state index in [1.54, 1.807) is 11.0 Å². The van der Waals surface area contributed by atoms with Crippen molar-refractivity contribution in [2.24, 2.45) is 0 Å². The summed E-state index contributed by atoms with van der Waals surface area (Å²) in [4.78, 5) is 14.2. The molecule has 0 unspecified atom stereocenters. The van der Waals surface area contributed by atoms with Crippen molar-refractivity contribution in [3.8, 4) is 5.75 Å². The Bertz CT molecular complexity index is 900. The number of hydrogen-bond acceptors (Lipinski definition) is 4. The van der Waals surface area contributed by atoms with Crippen molar-refractivity contribution in [3.05, 3.63) is 59.1 Å². The maximum absolute atomic E-state index is 13.4. The predicted octanol–water partition coefficient (Wildman–Crippen LogP) is 3.41. The fraction of sp³-hybridized carbons (Fsp3) is 0.350. The highest BCUT2D eigenvalue weighted by Gasteiger charge is 2.31. The summed E-state index contributed by atoms with van der Waals surface area (Å²) in [7, 11) is -2.64. The summed E-state index contributed by atoms with van der Waals surface area (Å²) in [5, 5.41) is 0.272. The topological polar surface area (TPSA) is 66.9 Å². The molecule has 152 valence electrons. The third-order valence-corrected chi connectivity index (χ3v) is 6.42. The van der Waals surface area contributed by atoms with Crippen LogP contribution < -0.4 is 4.74 Å². The van der Waals surface area contributed by atoms with Crippen LogP contribution in [0.4, 0.5) is 0 Å². The van der Waals surface area contributed by atoms with Crippen LogP contribution in [0.15, 0.2) is 53.4 Å². The van der Waals surface area contributed by atoms with Gasteiger partial charge in [0.1, 0.15) is 10.6 Å². The molecule has 0 bridgehead atoms. The molecule has 0 aliphatic heterocycles. The molecular weight excluding hydrogens is 400 g/mol. The summed E-state index contributed by atoms with van der Waals surface area (Å²) in [5.74, 6) is -0.0803. The summed E-state index contributed by atoms with van der Waals surface area (Å²) in [5.41, 5.74) is 0.777. The van der Waals surface area contributed by atoms with Gasteiger partial charge in [-0.25, -0.2) is 8.42 Å². The molecule has 6 nitrogen and oxygen atoms in total. The zero-order valence-electron chi connectivity index (χ0n) is 16.3. The lowest BCUT2D eigenvalue weighted by Gasteiger charge is -2.26. The predicted molar refractivity (Wildman–Crippen MR) is 110 cm³/mol. The fourth-order valence-electron chi connectivity index (χ4n) is 2.83. The van der Waals surface area contributed by atoms with E-state index in [1.165, 1.54) is 19.2 Å². The highest BCUT2D eigenvalue weighted by Crippen LogP contribution is 2.30. The van der Waals surface area contributed by atoms with E-state index in [4.69, 9.17) is 16.3 Å². The van der Waals surface area contributed by atoms with Crippen LogP contribution in [0.1, 0.15) is 19.4 Å². The summed E-state index contributed by atoms with van der Waals surface area (Å²) < 4.78 is 33.2. The van der Waals surface area contributed by atoms with E-state index >= 15 is 0 Å². The number of rotatable bonds is 9. The van der Waals surface area contributed by atoms with Crippen LogP contribution in [0, 0.1) is 0 Å². The van der Waals surface area contributed by atoms with Crippen LogP contribution in [0.2, 0.25) is 5.02 Å². The number of nitrogens with zero attached hydrogens (tertiary/aromatic N) is 2. The molecule has 0 aliphatic rings. The van der Waals surface area contributed by atoms with E-state index in [1.807, 2.05) is 44.2 Å². The van der Waals surface area contributed by atoms with Crippen molar-refractivity contribution < 1.29 is 17.9 Å². The number of carbonyl (C=O) groups is 1. The Morgan fingerprint density at radius 1 is 1.07 bits per heavy atom. The van der Waals surface area contributed by atoms with Crippen molar-refractivity contribution >= 4 is 27.5 Å². The number of methoxy groups -OCH3 is 1. The summed E-state index contributed by atoms with van der Waals surface area (Å²) in [6.45, 7) is 4.53. The minimum atomic E-state index is -4.03. The van der Waals surface area contributed by atoms with E-state index in [-0.39, 0.29) is 34.7 Å². The highest BCUT2D eigenvalue weighted by molar-refractivity contribution is 7.89. The quantitative estimate of drug-likeness (QED) is 0.618. The van der Waals surface area contributed by atoms with Gasteiger partial charge in [0.15, 0.2) is 0 Å². The van der Waals surface area contributed by atoms with Gasteiger partial charge >= 0.3 is 0 Å². The Hall–Kier alpha value is -2.09. The number of ether oxygens (including phenoxy) is 1. The van der Waals surface area contributed by atoms with Gasteiger partial charge in [0.2, 0.25) is 15.9 Å². The zero-order valence-corrected chi connectivity index (χ0v) is 17.8. The SMILES string of the molecule is CCN(CC)C(=O)CN(Cc1ccccc1)S(=O)(=O)c1cc(Cl)ccc1OC. The maximum Gasteiger partial charge on any atom is 0.247 e. The second-order valence-electron chi connectivity index (χ2n) is 6.12. The number of carbonyl (C=O) groups excluding carboxylic acids is 1. The first kappa shape index (κ1) is 22.2. The average Bonchev–Trinajstić information content (AvgIpc) is 2.69. The van der Waals surface area contributed by atoms with Crippen molar-refractivity contribution in [2.45, 2.75) is 25.3 Å². The standard InChI is InChI=1S/C20H25ClN2O4S/c1-4-22(5-2)20(24)15-23(14-16-9-7-6-8-10-16)28(25,26)19-13-17(21)11-12-18(19)27-3/h6-13H,4-5,14-15H2,1-3H3. The Balaban J connectivity index is 2.47. The summed E-state index contributed by atoms with van der Waals surface area (Å²) >= 11 is 6.03. The van der Waals surface area contributed by atoms with E-state index in [0.717, 1.165) is 9.87 Å². The van der Waals surface area contributed by atoms with Gasteiger partial charge in [0.05, 0.1) is 13.7 Å². The highest BCUT2D eigenvalue weighted by atomic mass is 35.5. The lowest BCUT2D eigenvalue weighted by molar-refractivity contribution is -0.131. The third kappa shape index (κ3) is 5.25. The van der Waals surface area contributed by atoms with Crippen molar-refractivity contribution in [1.29, 1.82) is 0 Å². The molecule has 0 atom stereocenters. The van der Waals surface area contributed by atoms with Gasteiger partial charge in [0.25, 0.3) is 0 Å². The maximum atomic E-state index is 13.4. The molecule has 2 aromatic rings. The first-order chi connectivity index (χ1) is 13.3. The van der Waals surface area contributed by atoms with Crippen LogP contribution in [-0.2, 0) is 21.4 Å². The molecule has 8 heteroatoms. The molecule has 0 aliphatic carbocycles. The Morgan fingerprint density at radius 3 is 2.29 bits per heavy atom. The van der Waals surface area contributed by atoms with Gasteiger partial charge in [-0.15, -0.1) is 0 Å². The molecule has 0 heterocycles. The second kappa shape index (κ2) is 9.91. The smallest absolute Gasteiger partial charge is 0.247 e. The Labute approximate surface area is 171 Å². The first-order valence-corrected chi connectivity index (χ1v) is 10.8. The van der Waals surface area contributed by atoms with Gasteiger partial charge in [0, 0.05) is 24.7 Å². The van der Waals surface area contributed by atoms with Gasteiger partial charge in [-0.3, -0.25) is 4.79 Å². The van der Waals surface area contributed by atoms with E-state index in [9.17, 15) is 13.2 Å². The number of hydrogen-bond donors (Lipinski definition) is 0. The third-order valence-electron chi connectivity index (χ3n) is 4.37. The molecule has 2 aromatic carbocycles. The number of amides is 1. The number of sulfonamides is 1. The van der Waals surface area contributed by atoms with Gasteiger partial charge in [-0.05, 0) is 37.6 Å². The fourth-order valence-corrected chi connectivity index (χ4v) is 4.63. The molecular formula is C20H25ClN2O4S. The monoisotopic (exact) mass is 424 g/mol. The normalized spacial score (nSPS) is 11.5. The molecule has 0 radical (unpaired) electrons. The second-order valence-corrected chi connectivity index (χ2v) is 8.46. The number of benzene rings is 2. The number of likely N-dealkylation sites (N-methyl/N-ethyl adjacent to an activating group) is 1. The Morgan fingerprint density at radius 2 is 1.71 bits per heavy atom. The molecule has 0 aromatic heterocycles. The lowest BCUT2D eigenvalue weighted by atomic mass is 10.2. The van der Waals surface area contributed by atoms with Crippen LogP contribution in [0.3, 0.4) is 0 Å². The minimum Gasteiger partial charge on any atom is -0.495 e. The summed E-state index contributed by atoms with van der Waals surface area (Å²) in [6, 6.07) is 13.5. The molecule has 28 heavy (non-hydrogen) atoms.